The molecular formula is C27H26N2O4. The highest BCUT2D eigenvalue weighted by Gasteiger charge is 2.47. The van der Waals surface area contributed by atoms with E-state index in [1.165, 1.54) is 4.90 Å². The van der Waals surface area contributed by atoms with Crippen LogP contribution in [0.1, 0.15) is 43.0 Å². The smallest absolute Gasteiger partial charge is 0.300 e. The maximum Gasteiger partial charge on any atom is 0.300 e. The minimum absolute atomic E-state index is 0.0368. The van der Waals surface area contributed by atoms with Crippen molar-refractivity contribution in [2.24, 2.45) is 0 Å². The Morgan fingerprint density at radius 2 is 1.76 bits per heavy atom. The number of carbonyl (C=O) groups excluding carboxylic acids is 2. The summed E-state index contributed by atoms with van der Waals surface area (Å²) in [6.07, 6.45) is 4.98. The van der Waals surface area contributed by atoms with Crippen molar-refractivity contribution in [3.05, 3.63) is 95.3 Å². The Bertz CT molecular complexity index is 1170. The summed E-state index contributed by atoms with van der Waals surface area (Å²) in [5.41, 5.74) is 2.83. The molecule has 2 aromatic carbocycles. The molecule has 0 aliphatic carbocycles. The summed E-state index contributed by atoms with van der Waals surface area (Å²) in [5, 5.41) is 11.2. The largest absolute Gasteiger partial charge is 0.507 e. The van der Waals surface area contributed by atoms with Gasteiger partial charge in [-0.25, -0.2) is 0 Å². The number of Topliss-reactive ketones (excluding diaryl/α,β-unsaturated/α-hetero) is 1. The van der Waals surface area contributed by atoms with Gasteiger partial charge in [0.2, 0.25) is 0 Å². The number of ether oxygens (including phenoxy) is 1. The van der Waals surface area contributed by atoms with E-state index >= 15 is 0 Å². The molecule has 4 rings (SSSR count). The number of aryl methyl sites for hydroxylation is 1. The maximum absolute atomic E-state index is 13.2. The quantitative estimate of drug-likeness (QED) is 0.314. The van der Waals surface area contributed by atoms with Crippen molar-refractivity contribution in [2.45, 2.75) is 32.7 Å². The second kappa shape index (κ2) is 9.69. The number of hydrogen-bond donors (Lipinski definition) is 1. The van der Waals surface area contributed by atoms with E-state index in [0.29, 0.717) is 29.2 Å². The summed E-state index contributed by atoms with van der Waals surface area (Å²) in [6, 6.07) is 17.1. The summed E-state index contributed by atoms with van der Waals surface area (Å²) in [7, 11) is 0. The van der Waals surface area contributed by atoms with Gasteiger partial charge in [-0.1, -0.05) is 32.0 Å². The van der Waals surface area contributed by atoms with Crippen LogP contribution in [0.3, 0.4) is 0 Å². The molecule has 33 heavy (non-hydrogen) atoms. The number of hydrogen-bond acceptors (Lipinski definition) is 5. The van der Waals surface area contributed by atoms with Gasteiger partial charge >= 0.3 is 0 Å². The van der Waals surface area contributed by atoms with Crippen molar-refractivity contribution < 1.29 is 19.4 Å². The first kappa shape index (κ1) is 22.3. The van der Waals surface area contributed by atoms with E-state index in [9.17, 15) is 14.7 Å². The van der Waals surface area contributed by atoms with Gasteiger partial charge in [-0.3, -0.25) is 19.5 Å². The van der Waals surface area contributed by atoms with Crippen LogP contribution >= 0.6 is 0 Å². The Hall–Kier alpha value is -3.93. The molecular weight excluding hydrogens is 416 g/mol. The second-order valence-corrected chi connectivity index (χ2v) is 7.85. The van der Waals surface area contributed by atoms with E-state index in [-0.39, 0.29) is 11.3 Å². The Morgan fingerprint density at radius 1 is 1.03 bits per heavy atom. The van der Waals surface area contributed by atoms with E-state index in [4.69, 9.17) is 4.74 Å². The number of pyridine rings is 1. The summed E-state index contributed by atoms with van der Waals surface area (Å²) >= 11 is 0. The fourth-order valence-corrected chi connectivity index (χ4v) is 3.93. The first-order chi connectivity index (χ1) is 16.0. The summed E-state index contributed by atoms with van der Waals surface area (Å²) in [4.78, 5) is 31.9. The molecule has 0 bridgehead atoms. The number of benzene rings is 2. The highest BCUT2D eigenvalue weighted by Crippen LogP contribution is 2.42. The van der Waals surface area contributed by atoms with Gasteiger partial charge in [0.15, 0.2) is 0 Å². The van der Waals surface area contributed by atoms with Gasteiger partial charge in [0.1, 0.15) is 11.5 Å². The predicted octanol–water partition coefficient (Wildman–Crippen LogP) is 5.06. The van der Waals surface area contributed by atoms with Crippen LogP contribution in [0.2, 0.25) is 0 Å². The molecule has 1 N–H and O–H groups in total. The summed E-state index contributed by atoms with van der Waals surface area (Å²) in [5.74, 6) is -0.963. The third kappa shape index (κ3) is 4.37. The van der Waals surface area contributed by atoms with Crippen LogP contribution in [0, 0.1) is 0 Å². The topological polar surface area (TPSA) is 79.7 Å². The first-order valence-electron chi connectivity index (χ1n) is 11.1. The van der Waals surface area contributed by atoms with Crippen molar-refractivity contribution >= 4 is 23.1 Å². The molecule has 3 aromatic rings. The highest BCUT2D eigenvalue weighted by atomic mass is 16.5. The van der Waals surface area contributed by atoms with Gasteiger partial charge in [0.25, 0.3) is 11.7 Å². The average molecular weight is 443 g/mol. The molecule has 1 aliphatic heterocycles. The summed E-state index contributed by atoms with van der Waals surface area (Å²) < 4.78 is 5.60. The van der Waals surface area contributed by atoms with Crippen LogP contribution in [0.5, 0.6) is 5.75 Å². The van der Waals surface area contributed by atoms with E-state index < -0.39 is 17.7 Å². The molecule has 168 valence electrons. The lowest BCUT2D eigenvalue weighted by Gasteiger charge is -2.25. The summed E-state index contributed by atoms with van der Waals surface area (Å²) in [6.45, 7) is 4.66. The molecule has 0 radical (unpaired) electrons. The normalized spacial score (nSPS) is 17.4. The van der Waals surface area contributed by atoms with Gasteiger partial charge in [0, 0.05) is 23.6 Å². The molecule has 1 unspecified atom stereocenters. The minimum atomic E-state index is -0.790. The van der Waals surface area contributed by atoms with Crippen molar-refractivity contribution in [3.8, 4) is 5.75 Å². The molecule has 6 nitrogen and oxygen atoms in total. The lowest BCUT2D eigenvalue weighted by atomic mass is 9.96. The predicted molar refractivity (Wildman–Crippen MR) is 127 cm³/mol. The van der Waals surface area contributed by atoms with Crippen molar-refractivity contribution in [3.63, 3.8) is 0 Å². The second-order valence-electron chi connectivity index (χ2n) is 7.85. The van der Waals surface area contributed by atoms with Crippen LogP contribution in [0.4, 0.5) is 5.69 Å². The zero-order valence-corrected chi connectivity index (χ0v) is 18.7. The zero-order valence-electron chi connectivity index (χ0n) is 18.7. The third-order valence-corrected chi connectivity index (χ3v) is 5.67. The number of aliphatic hydroxyl groups is 1. The highest BCUT2D eigenvalue weighted by molar-refractivity contribution is 6.51. The fraction of sp³-hybridized carbons (Fsp3) is 0.222. The Labute approximate surface area is 193 Å². The molecule has 2 heterocycles. The molecule has 1 fully saturated rings. The molecule has 0 saturated carbocycles. The van der Waals surface area contributed by atoms with Crippen LogP contribution in [-0.2, 0) is 16.0 Å². The number of carbonyl (C=O) groups is 2. The third-order valence-electron chi connectivity index (χ3n) is 5.67. The molecule has 6 heteroatoms. The number of anilines is 1. The number of amides is 1. The molecule has 1 amide bonds. The number of aromatic nitrogens is 1. The van der Waals surface area contributed by atoms with E-state index in [1.54, 1.807) is 48.8 Å². The maximum atomic E-state index is 13.2. The van der Waals surface area contributed by atoms with E-state index in [2.05, 4.69) is 11.9 Å². The Morgan fingerprint density at radius 3 is 2.36 bits per heavy atom. The number of ketones is 1. The average Bonchev–Trinajstić information content (AvgIpc) is 3.13. The molecule has 1 atom stereocenters. The monoisotopic (exact) mass is 442 g/mol. The van der Waals surface area contributed by atoms with Crippen LogP contribution in [0.15, 0.2) is 78.6 Å². The first-order valence-corrected chi connectivity index (χ1v) is 11.1. The Kier molecular flexibility index (Phi) is 6.54. The number of rotatable bonds is 7. The van der Waals surface area contributed by atoms with Crippen LogP contribution in [0.25, 0.3) is 5.76 Å². The standard InChI is InChI=1S/C27H26N2O4/c1-3-16-33-22-13-9-19(10-14-22)25(30)23-24(20-6-5-15-28-17-20)29(27(32)26(23)31)21-11-7-18(4-2)8-12-21/h5-15,17,24,30H,3-4,16H2,1-2H3/b25-23-. The van der Waals surface area contributed by atoms with E-state index in [0.717, 1.165) is 18.4 Å². The lowest BCUT2D eigenvalue weighted by molar-refractivity contribution is -0.132. The fourth-order valence-electron chi connectivity index (χ4n) is 3.93. The Balaban J connectivity index is 1.81. The zero-order chi connectivity index (χ0) is 23.4. The van der Waals surface area contributed by atoms with Gasteiger partial charge in [-0.15, -0.1) is 0 Å². The number of aliphatic hydroxyl groups excluding tert-OH is 1. The van der Waals surface area contributed by atoms with Crippen LogP contribution < -0.4 is 9.64 Å². The molecule has 1 saturated heterocycles. The van der Waals surface area contributed by atoms with Crippen molar-refractivity contribution in [1.29, 1.82) is 0 Å². The van der Waals surface area contributed by atoms with Gasteiger partial charge in [-0.05, 0) is 66.4 Å². The molecule has 1 aliphatic rings. The van der Waals surface area contributed by atoms with E-state index in [1.807, 2.05) is 31.2 Å². The lowest BCUT2D eigenvalue weighted by Crippen LogP contribution is -2.29. The number of nitrogens with zero attached hydrogens (tertiary/aromatic N) is 2. The van der Waals surface area contributed by atoms with Crippen LogP contribution in [-0.4, -0.2) is 28.4 Å². The molecule has 1 aromatic heterocycles. The minimum Gasteiger partial charge on any atom is -0.507 e. The van der Waals surface area contributed by atoms with Gasteiger partial charge in [0.05, 0.1) is 18.2 Å². The molecule has 0 spiro atoms. The van der Waals surface area contributed by atoms with Crippen molar-refractivity contribution in [2.75, 3.05) is 11.5 Å². The van der Waals surface area contributed by atoms with Gasteiger partial charge in [-0.2, -0.15) is 0 Å². The SMILES string of the molecule is CCCOc1ccc(/C(O)=C2/C(=O)C(=O)N(c3ccc(CC)cc3)C2c2cccnc2)cc1. The van der Waals surface area contributed by atoms with Gasteiger partial charge < -0.3 is 9.84 Å². The van der Waals surface area contributed by atoms with Crippen molar-refractivity contribution in [1.82, 2.24) is 4.98 Å².